The van der Waals surface area contributed by atoms with Crippen LogP contribution in [0.5, 0.6) is 0 Å². The van der Waals surface area contributed by atoms with E-state index < -0.39 is 11.2 Å². The monoisotopic (exact) mass is 129 g/mol. The van der Waals surface area contributed by atoms with Crippen LogP contribution in [0.3, 0.4) is 0 Å². The number of hydrogen-bond donors (Lipinski definition) is 2. The van der Waals surface area contributed by atoms with Crippen molar-refractivity contribution in [3.8, 4) is 0 Å². The van der Waals surface area contributed by atoms with Gasteiger partial charge in [0.25, 0.3) is 0 Å². The van der Waals surface area contributed by atoms with Crippen LogP contribution >= 0.6 is 12.6 Å². The Morgan fingerprint density at radius 2 is 2.00 bits per heavy atom. The summed E-state index contributed by atoms with van der Waals surface area (Å²) in [6.07, 6.45) is 0. The molecule has 1 atom stereocenters. The van der Waals surface area contributed by atoms with Crippen molar-refractivity contribution in [2.75, 3.05) is 0 Å². The Kier molecular flexibility index (Phi) is 7.62. The normalized spacial score (nSPS) is 11.7. The van der Waals surface area contributed by atoms with Gasteiger partial charge in [-0.3, -0.25) is 4.79 Å². The first-order valence-corrected chi connectivity index (χ1v) is 2.07. The average Bonchev–Trinajstić information content (AvgIpc) is 1.36. The average molecular weight is 129 g/mol. The van der Waals surface area contributed by atoms with E-state index in [-0.39, 0.29) is 29.6 Å². The van der Waals surface area contributed by atoms with E-state index >= 15 is 0 Å². The fourth-order valence-corrected chi connectivity index (χ4v) is 0. The van der Waals surface area contributed by atoms with Gasteiger partial charge in [0.1, 0.15) is 0 Å². The van der Waals surface area contributed by atoms with E-state index in [9.17, 15) is 4.79 Å². The van der Waals surface area contributed by atoms with Gasteiger partial charge < -0.3 is 5.11 Å². The molecular weight excluding hydrogens is 123 g/mol. The first-order chi connectivity index (χ1) is 2.64. The summed E-state index contributed by atoms with van der Waals surface area (Å²) < 4.78 is 0. The van der Waals surface area contributed by atoms with Crippen LogP contribution in [0.4, 0.5) is 0 Å². The van der Waals surface area contributed by atoms with E-state index in [0.717, 1.165) is 0 Å². The molecular formula is C3H6NaO2S. The van der Waals surface area contributed by atoms with Crippen LogP contribution in [0.25, 0.3) is 0 Å². The molecule has 0 aliphatic heterocycles. The second-order valence-electron chi connectivity index (χ2n) is 1.01. The fourth-order valence-electron chi connectivity index (χ4n) is 0. The van der Waals surface area contributed by atoms with Gasteiger partial charge in [0.05, 0.1) is 5.25 Å². The minimum Gasteiger partial charge on any atom is -0.480 e. The molecule has 0 aromatic heterocycles. The molecule has 0 heterocycles. The number of thiol groups is 1. The van der Waals surface area contributed by atoms with Gasteiger partial charge in [-0.1, -0.05) is 0 Å². The minimum atomic E-state index is -0.877. The van der Waals surface area contributed by atoms with E-state index in [1.165, 1.54) is 6.92 Å². The minimum absolute atomic E-state index is 0. The van der Waals surface area contributed by atoms with Crippen LogP contribution in [0.1, 0.15) is 6.92 Å². The second-order valence-corrected chi connectivity index (χ2v) is 1.79. The quantitative estimate of drug-likeness (QED) is 0.386. The molecule has 0 amide bonds. The molecule has 0 fully saturated rings. The number of carbonyl (C=O) groups is 1. The Bertz CT molecular complexity index is 64.0. The van der Waals surface area contributed by atoms with Crippen molar-refractivity contribution in [3.05, 3.63) is 0 Å². The summed E-state index contributed by atoms with van der Waals surface area (Å²) in [5.41, 5.74) is 0. The fraction of sp³-hybridized carbons (Fsp3) is 0.667. The summed E-state index contributed by atoms with van der Waals surface area (Å²) in [4.78, 5) is 9.62. The summed E-state index contributed by atoms with van der Waals surface area (Å²) in [7, 11) is 0. The molecule has 1 N–H and O–H groups in total. The number of carboxylic acid groups (broad SMARTS) is 1. The summed E-state index contributed by atoms with van der Waals surface area (Å²) in [6, 6.07) is 0. The van der Waals surface area contributed by atoms with Crippen LogP contribution in [0, 0.1) is 0 Å². The summed E-state index contributed by atoms with van der Waals surface area (Å²) >= 11 is 3.59. The van der Waals surface area contributed by atoms with Crippen molar-refractivity contribution >= 4 is 48.2 Å². The van der Waals surface area contributed by atoms with Crippen molar-refractivity contribution in [3.63, 3.8) is 0 Å². The maximum absolute atomic E-state index is 9.62. The van der Waals surface area contributed by atoms with Crippen LogP contribution in [0.15, 0.2) is 0 Å². The molecule has 0 saturated heterocycles. The summed E-state index contributed by atoms with van der Waals surface area (Å²) in [5.74, 6) is -0.877. The first kappa shape index (κ1) is 10.7. The molecule has 0 spiro atoms. The molecule has 0 saturated carbocycles. The Hall–Kier alpha value is 0.820. The number of carboxylic acids is 1. The molecule has 1 radical (unpaired) electrons. The maximum Gasteiger partial charge on any atom is 0.316 e. The standard InChI is InChI=1S/C3H6O2S.Na/c1-2(6)3(4)5;/h2,6H,1H3,(H,4,5);. The maximum atomic E-state index is 9.62. The summed E-state index contributed by atoms with van der Waals surface area (Å²) in [6.45, 7) is 1.51. The molecule has 0 aromatic rings. The van der Waals surface area contributed by atoms with E-state index in [1.807, 2.05) is 0 Å². The molecule has 0 aromatic carbocycles. The van der Waals surface area contributed by atoms with Crippen molar-refractivity contribution in [1.82, 2.24) is 0 Å². The topological polar surface area (TPSA) is 37.3 Å². The van der Waals surface area contributed by atoms with Crippen molar-refractivity contribution in [1.29, 1.82) is 0 Å². The Labute approximate surface area is 70.0 Å². The zero-order valence-corrected chi connectivity index (χ0v) is 7.27. The molecule has 2 nitrogen and oxygen atoms in total. The van der Waals surface area contributed by atoms with Gasteiger partial charge in [0, 0.05) is 29.6 Å². The second kappa shape index (κ2) is 4.97. The van der Waals surface area contributed by atoms with E-state index in [1.54, 1.807) is 0 Å². The number of aliphatic carboxylic acids is 1. The molecule has 0 aliphatic carbocycles. The van der Waals surface area contributed by atoms with Crippen LogP contribution < -0.4 is 0 Å². The predicted octanol–water partition coefficient (Wildman–Crippen LogP) is 0.00850. The van der Waals surface area contributed by atoms with Gasteiger partial charge in [0.2, 0.25) is 0 Å². The van der Waals surface area contributed by atoms with Gasteiger partial charge >= 0.3 is 5.97 Å². The van der Waals surface area contributed by atoms with E-state index in [2.05, 4.69) is 12.6 Å². The smallest absolute Gasteiger partial charge is 0.316 e. The van der Waals surface area contributed by atoms with E-state index in [0.29, 0.717) is 0 Å². The third-order valence-corrected chi connectivity index (χ3v) is 0.578. The van der Waals surface area contributed by atoms with Crippen LogP contribution in [-0.4, -0.2) is 45.9 Å². The van der Waals surface area contributed by atoms with Crippen molar-refractivity contribution in [2.24, 2.45) is 0 Å². The first-order valence-electron chi connectivity index (χ1n) is 1.55. The Morgan fingerprint density at radius 3 is 2.00 bits per heavy atom. The van der Waals surface area contributed by atoms with E-state index in [4.69, 9.17) is 5.11 Å². The largest absolute Gasteiger partial charge is 0.480 e. The zero-order valence-electron chi connectivity index (χ0n) is 4.38. The van der Waals surface area contributed by atoms with Gasteiger partial charge in [-0.2, -0.15) is 12.6 Å². The molecule has 0 bridgehead atoms. The number of hydrogen-bond acceptors (Lipinski definition) is 2. The third kappa shape index (κ3) is 6.82. The number of rotatable bonds is 1. The Morgan fingerprint density at radius 1 is 1.86 bits per heavy atom. The summed E-state index contributed by atoms with van der Waals surface area (Å²) in [5, 5.41) is 7.38. The van der Waals surface area contributed by atoms with Crippen LogP contribution in [0.2, 0.25) is 0 Å². The van der Waals surface area contributed by atoms with Gasteiger partial charge in [-0.25, -0.2) is 0 Å². The molecule has 0 aliphatic rings. The van der Waals surface area contributed by atoms with Gasteiger partial charge in [-0.15, -0.1) is 0 Å². The van der Waals surface area contributed by atoms with Crippen molar-refractivity contribution in [2.45, 2.75) is 12.2 Å². The molecule has 7 heavy (non-hydrogen) atoms. The molecule has 0 rings (SSSR count). The van der Waals surface area contributed by atoms with Gasteiger partial charge in [-0.05, 0) is 6.92 Å². The SMILES string of the molecule is CC(S)C(=O)O.[Na]. The van der Waals surface area contributed by atoms with Crippen LogP contribution in [-0.2, 0) is 4.79 Å². The predicted molar refractivity (Wildman–Crippen MR) is 31.8 cm³/mol. The Balaban J connectivity index is 0. The molecule has 37 valence electrons. The zero-order chi connectivity index (χ0) is 5.15. The third-order valence-electron chi connectivity index (χ3n) is 0.357. The molecule has 4 heteroatoms. The van der Waals surface area contributed by atoms with Crippen molar-refractivity contribution < 1.29 is 9.90 Å². The van der Waals surface area contributed by atoms with Gasteiger partial charge in [0.15, 0.2) is 0 Å². The molecule has 1 unspecified atom stereocenters.